The average Bonchev–Trinajstić information content (AvgIpc) is 2.94. The Morgan fingerprint density at radius 2 is 2.10 bits per heavy atom. The normalized spacial score (nSPS) is 14.2. The maximum atomic E-state index is 10.4. The Morgan fingerprint density at radius 1 is 1.30 bits per heavy atom. The van der Waals surface area contributed by atoms with E-state index in [1.807, 2.05) is 29.2 Å². The Morgan fingerprint density at radius 3 is 2.80 bits per heavy atom. The van der Waals surface area contributed by atoms with Crippen LogP contribution in [0.15, 0.2) is 30.7 Å². The van der Waals surface area contributed by atoms with Gasteiger partial charge in [0.15, 0.2) is 0 Å². The van der Waals surface area contributed by atoms with E-state index in [2.05, 4.69) is 30.9 Å². The second-order valence-electron chi connectivity index (χ2n) is 5.19. The fraction of sp³-hybridized carbons (Fsp3) is 0.500. The van der Waals surface area contributed by atoms with E-state index in [0.29, 0.717) is 12.5 Å². The molecule has 0 bridgehead atoms. The van der Waals surface area contributed by atoms with E-state index in [1.165, 1.54) is 0 Å². The lowest BCUT2D eigenvalue weighted by Crippen LogP contribution is -2.08. The molecule has 0 aliphatic heterocycles. The van der Waals surface area contributed by atoms with Crippen molar-refractivity contribution >= 4 is 0 Å². The van der Waals surface area contributed by atoms with Crippen LogP contribution in [0.5, 0.6) is 0 Å². The van der Waals surface area contributed by atoms with Crippen molar-refractivity contribution in [1.82, 2.24) is 14.8 Å². The zero-order valence-electron chi connectivity index (χ0n) is 12.5. The van der Waals surface area contributed by atoms with E-state index in [9.17, 15) is 5.11 Å². The van der Waals surface area contributed by atoms with Gasteiger partial charge in [0.1, 0.15) is 0 Å². The summed E-state index contributed by atoms with van der Waals surface area (Å²) in [4.78, 5) is 4.11. The third-order valence-corrected chi connectivity index (χ3v) is 3.79. The molecule has 0 saturated carbocycles. The van der Waals surface area contributed by atoms with Gasteiger partial charge in [0.25, 0.3) is 0 Å². The number of aromatic nitrogens is 3. The molecule has 2 atom stereocenters. The van der Waals surface area contributed by atoms with E-state index in [4.69, 9.17) is 0 Å². The number of nitrogens with zero attached hydrogens (tertiary/aromatic N) is 3. The summed E-state index contributed by atoms with van der Waals surface area (Å²) in [5, 5.41) is 15.0. The van der Waals surface area contributed by atoms with Crippen molar-refractivity contribution in [3.63, 3.8) is 0 Å². The summed E-state index contributed by atoms with van der Waals surface area (Å²) >= 11 is 0. The summed E-state index contributed by atoms with van der Waals surface area (Å²) in [5.41, 5.74) is 2.98. The van der Waals surface area contributed by atoms with Crippen LogP contribution in [-0.4, -0.2) is 19.9 Å². The predicted molar refractivity (Wildman–Crippen MR) is 79.5 cm³/mol. The summed E-state index contributed by atoms with van der Waals surface area (Å²) in [7, 11) is 0. The van der Waals surface area contributed by atoms with Gasteiger partial charge in [-0.25, -0.2) is 0 Å². The van der Waals surface area contributed by atoms with Crippen LogP contribution in [0, 0.1) is 0 Å². The number of hydrogen-bond donors (Lipinski definition) is 1. The minimum atomic E-state index is -0.520. The molecule has 0 spiro atoms. The molecule has 0 aliphatic carbocycles. The molecule has 2 aromatic heterocycles. The lowest BCUT2D eigenvalue weighted by Gasteiger charge is -2.13. The zero-order valence-corrected chi connectivity index (χ0v) is 12.5. The molecule has 1 N–H and O–H groups in total. The van der Waals surface area contributed by atoms with E-state index < -0.39 is 6.10 Å². The molecule has 0 radical (unpaired) electrons. The molecule has 20 heavy (non-hydrogen) atoms. The van der Waals surface area contributed by atoms with Crippen LogP contribution in [0.25, 0.3) is 0 Å². The minimum absolute atomic E-state index is 0.396. The smallest absolute Gasteiger partial charge is 0.0849 e. The number of aliphatic hydroxyl groups excluding tert-OH is 1. The second-order valence-corrected chi connectivity index (χ2v) is 5.19. The predicted octanol–water partition coefficient (Wildman–Crippen LogP) is 3.09. The van der Waals surface area contributed by atoms with Gasteiger partial charge in [-0.15, -0.1) is 0 Å². The van der Waals surface area contributed by atoms with Crippen LogP contribution in [0.1, 0.15) is 56.2 Å². The van der Waals surface area contributed by atoms with Crippen LogP contribution in [0.2, 0.25) is 0 Å². The monoisotopic (exact) mass is 273 g/mol. The lowest BCUT2D eigenvalue weighted by molar-refractivity contribution is 0.175. The average molecular weight is 273 g/mol. The van der Waals surface area contributed by atoms with Crippen molar-refractivity contribution in [2.45, 2.75) is 52.2 Å². The Labute approximate surface area is 120 Å². The topological polar surface area (TPSA) is 50.9 Å². The maximum absolute atomic E-state index is 10.4. The molecule has 2 aromatic rings. The first kappa shape index (κ1) is 14.7. The first-order valence-electron chi connectivity index (χ1n) is 7.30. The first-order chi connectivity index (χ1) is 9.65. The standard InChI is InChI=1S/C16H23N3O/c1-4-12(3)19-9-7-14(18-19)10-16(20)15-6-8-17-11-13(15)5-2/h6-9,11-12,16,20H,4-5,10H2,1-3H3. The molecule has 2 rings (SSSR count). The van der Waals surface area contributed by atoms with Gasteiger partial charge < -0.3 is 5.11 Å². The highest BCUT2D eigenvalue weighted by Crippen LogP contribution is 2.21. The summed E-state index contributed by atoms with van der Waals surface area (Å²) < 4.78 is 1.97. The Bertz CT molecular complexity index is 550. The van der Waals surface area contributed by atoms with Crippen LogP contribution in [0.4, 0.5) is 0 Å². The van der Waals surface area contributed by atoms with Crippen LogP contribution < -0.4 is 0 Å². The van der Waals surface area contributed by atoms with E-state index in [1.54, 1.807) is 6.20 Å². The molecule has 4 nitrogen and oxygen atoms in total. The Balaban J connectivity index is 2.11. The number of rotatable bonds is 6. The van der Waals surface area contributed by atoms with Crippen molar-refractivity contribution in [2.24, 2.45) is 0 Å². The highest BCUT2D eigenvalue weighted by atomic mass is 16.3. The van der Waals surface area contributed by atoms with Crippen LogP contribution in [0.3, 0.4) is 0 Å². The molecule has 2 heterocycles. The quantitative estimate of drug-likeness (QED) is 0.880. The highest BCUT2D eigenvalue weighted by molar-refractivity contribution is 5.26. The van der Waals surface area contributed by atoms with Gasteiger partial charge in [-0.05, 0) is 43.0 Å². The van der Waals surface area contributed by atoms with E-state index in [0.717, 1.165) is 29.7 Å². The molecule has 4 heteroatoms. The third kappa shape index (κ3) is 3.25. The first-order valence-corrected chi connectivity index (χ1v) is 7.30. The Hall–Kier alpha value is -1.68. The van der Waals surface area contributed by atoms with Crippen molar-refractivity contribution < 1.29 is 5.11 Å². The van der Waals surface area contributed by atoms with Gasteiger partial charge in [0.05, 0.1) is 11.8 Å². The summed E-state index contributed by atoms with van der Waals surface area (Å²) in [6.45, 7) is 6.36. The molecule has 0 amide bonds. The number of aliphatic hydroxyl groups is 1. The summed E-state index contributed by atoms with van der Waals surface area (Å²) in [6, 6.07) is 4.28. The third-order valence-electron chi connectivity index (χ3n) is 3.79. The molecule has 0 saturated heterocycles. The van der Waals surface area contributed by atoms with Gasteiger partial charge in [-0.3, -0.25) is 9.67 Å². The maximum Gasteiger partial charge on any atom is 0.0849 e. The van der Waals surface area contributed by atoms with Gasteiger partial charge in [0.2, 0.25) is 0 Å². The number of hydrogen-bond acceptors (Lipinski definition) is 3. The highest BCUT2D eigenvalue weighted by Gasteiger charge is 2.14. The molecule has 0 aromatic carbocycles. The lowest BCUT2D eigenvalue weighted by atomic mass is 10.00. The fourth-order valence-electron chi connectivity index (χ4n) is 2.29. The number of pyridine rings is 1. The molecule has 108 valence electrons. The molecule has 0 aliphatic rings. The Kier molecular flexibility index (Phi) is 4.90. The fourth-order valence-corrected chi connectivity index (χ4v) is 2.29. The SMILES string of the molecule is CCc1cnccc1C(O)Cc1ccn(C(C)CC)n1. The zero-order chi connectivity index (χ0) is 14.5. The summed E-state index contributed by atoms with van der Waals surface area (Å²) in [6.07, 6.45) is 7.50. The summed E-state index contributed by atoms with van der Waals surface area (Å²) in [5.74, 6) is 0. The molecule has 0 fully saturated rings. The second kappa shape index (κ2) is 6.66. The van der Waals surface area contributed by atoms with Crippen molar-refractivity contribution in [3.05, 3.63) is 47.5 Å². The van der Waals surface area contributed by atoms with E-state index in [-0.39, 0.29) is 0 Å². The van der Waals surface area contributed by atoms with Gasteiger partial charge in [0, 0.05) is 31.1 Å². The van der Waals surface area contributed by atoms with Crippen LogP contribution in [-0.2, 0) is 12.8 Å². The minimum Gasteiger partial charge on any atom is -0.388 e. The molecule has 2 unspecified atom stereocenters. The molecular formula is C16H23N3O. The van der Waals surface area contributed by atoms with E-state index >= 15 is 0 Å². The van der Waals surface area contributed by atoms with Gasteiger partial charge in [-0.1, -0.05) is 13.8 Å². The van der Waals surface area contributed by atoms with Crippen molar-refractivity contribution in [3.8, 4) is 0 Å². The van der Waals surface area contributed by atoms with Gasteiger partial charge in [-0.2, -0.15) is 5.10 Å². The molecular weight excluding hydrogens is 250 g/mol. The van der Waals surface area contributed by atoms with Gasteiger partial charge >= 0.3 is 0 Å². The van der Waals surface area contributed by atoms with Crippen LogP contribution >= 0.6 is 0 Å². The van der Waals surface area contributed by atoms with Crippen molar-refractivity contribution in [2.75, 3.05) is 0 Å². The van der Waals surface area contributed by atoms with Crippen molar-refractivity contribution in [1.29, 1.82) is 0 Å². The number of aryl methyl sites for hydroxylation is 1. The largest absolute Gasteiger partial charge is 0.388 e.